The molecule has 1 aromatic carbocycles. The molecule has 1 saturated heterocycles. The van der Waals surface area contributed by atoms with Crippen LogP contribution in [-0.4, -0.2) is 30.3 Å². The van der Waals surface area contributed by atoms with Crippen molar-refractivity contribution in [2.45, 2.75) is 29.9 Å². The van der Waals surface area contributed by atoms with Crippen molar-refractivity contribution in [1.29, 1.82) is 0 Å². The lowest BCUT2D eigenvalue weighted by molar-refractivity contribution is -0.0119. The third-order valence-corrected chi connectivity index (χ3v) is 4.76. The Hall–Kier alpha value is -0.710. The summed E-state index contributed by atoms with van der Waals surface area (Å²) in [7, 11) is 0. The molecule has 1 aromatic rings. The van der Waals surface area contributed by atoms with Gasteiger partial charge in [-0.15, -0.1) is 11.8 Å². The highest BCUT2D eigenvalue weighted by molar-refractivity contribution is 7.98. The number of ether oxygens (including phenoxy) is 2. The van der Waals surface area contributed by atoms with E-state index in [4.69, 9.17) is 21.1 Å². The predicted octanol–water partition coefficient (Wildman–Crippen LogP) is 3.34. The van der Waals surface area contributed by atoms with Crippen LogP contribution in [-0.2, 0) is 4.74 Å². The molecule has 2 bridgehead atoms. The second-order valence-electron chi connectivity index (χ2n) is 5.00. The van der Waals surface area contributed by atoms with E-state index in [0.29, 0.717) is 11.5 Å². The zero-order valence-corrected chi connectivity index (χ0v) is 12.2. The highest BCUT2D eigenvalue weighted by Crippen LogP contribution is 2.39. The van der Waals surface area contributed by atoms with Gasteiger partial charge in [-0.3, -0.25) is 4.79 Å². The fraction of sp³-hybridized carbons (Fsp3) is 0.500. The summed E-state index contributed by atoms with van der Waals surface area (Å²) in [6.45, 7) is 0.861. The predicted molar refractivity (Wildman–Crippen MR) is 75.3 cm³/mol. The highest BCUT2D eigenvalue weighted by Gasteiger charge is 2.42. The molecular formula is C14H15ClO3S. The first kappa shape index (κ1) is 13.3. The molecule has 5 heteroatoms. The number of thioether (sulfide) groups is 1. The molecule has 0 spiro atoms. The number of rotatable bonds is 4. The van der Waals surface area contributed by atoms with Gasteiger partial charge in [-0.1, -0.05) is 0 Å². The lowest BCUT2D eigenvalue weighted by Gasteiger charge is -2.24. The lowest BCUT2D eigenvalue weighted by Crippen LogP contribution is -2.30. The van der Waals surface area contributed by atoms with E-state index in [9.17, 15) is 4.79 Å². The van der Waals surface area contributed by atoms with Gasteiger partial charge in [0.15, 0.2) is 0 Å². The van der Waals surface area contributed by atoms with Gasteiger partial charge >= 0.3 is 0 Å². The van der Waals surface area contributed by atoms with Crippen LogP contribution in [0.1, 0.15) is 23.2 Å². The lowest BCUT2D eigenvalue weighted by atomic mass is 10.1. The van der Waals surface area contributed by atoms with E-state index in [0.717, 1.165) is 30.1 Å². The Kier molecular flexibility index (Phi) is 3.74. The highest BCUT2D eigenvalue weighted by atomic mass is 35.5. The van der Waals surface area contributed by atoms with Gasteiger partial charge in [-0.2, -0.15) is 0 Å². The Bertz CT molecular complexity index is 505. The molecule has 1 aliphatic heterocycles. The van der Waals surface area contributed by atoms with Gasteiger partial charge in [0.05, 0.1) is 12.7 Å². The maximum Gasteiger partial charge on any atom is 0.252 e. The van der Waals surface area contributed by atoms with Crippen LogP contribution in [0.2, 0.25) is 0 Å². The summed E-state index contributed by atoms with van der Waals surface area (Å²) in [6, 6.07) is 5.34. The molecule has 3 rings (SSSR count). The van der Waals surface area contributed by atoms with Crippen molar-refractivity contribution in [3.63, 3.8) is 0 Å². The molecule has 0 N–H and O–H groups in total. The molecule has 102 valence electrons. The van der Waals surface area contributed by atoms with Crippen molar-refractivity contribution in [3.8, 4) is 5.75 Å². The summed E-state index contributed by atoms with van der Waals surface area (Å²) >= 11 is 7.12. The van der Waals surface area contributed by atoms with E-state index >= 15 is 0 Å². The van der Waals surface area contributed by atoms with Crippen molar-refractivity contribution in [3.05, 3.63) is 23.8 Å². The normalized spacial score (nSPS) is 28.6. The average molecular weight is 299 g/mol. The van der Waals surface area contributed by atoms with Crippen molar-refractivity contribution in [2.75, 3.05) is 12.9 Å². The van der Waals surface area contributed by atoms with Crippen LogP contribution in [0, 0.1) is 5.92 Å². The first-order valence-electron chi connectivity index (χ1n) is 6.33. The molecule has 0 amide bonds. The number of halogens is 1. The van der Waals surface area contributed by atoms with Crippen molar-refractivity contribution in [2.24, 2.45) is 5.92 Å². The quantitative estimate of drug-likeness (QED) is 0.631. The van der Waals surface area contributed by atoms with Gasteiger partial charge in [0, 0.05) is 10.5 Å². The van der Waals surface area contributed by atoms with Crippen molar-refractivity contribution in [1.82, 2.24) is 0 Å². The molecule has 19 heavy (non-hydrogen) atoms. The minimum atomic E-state index is -0.457. The monoisotopic (exact) mass is 298 g/mol. The summed E-state index contributed by atoms with van der Waals surface area (Å²) in [4.78, 5) is 12.3. The first-order chi connectivity index (χ1) is 9.17. The molecule has 3 atom stereocenters. The molecular weight excluding hydrogens is 284 g/mol. The number of fused-ring (bicyclic) bond motifs is 2. The number of hydrogen-bond acceptors (Lipinski definition) is 4. The van der Waals surface area contributed by atoms with Gasteiger partial charge in [-0.05, 0) is 54.8 Å². The zero-order valence-electron chi connectivity index (χ0n) is 10.6. The van der Waals surface area contributed by atoms with Crippen LogP contribution in [0.15, 0.2) is 23.1 Å². The largest absolute Gasteiger partial charge is 0.487 e. The Morgan fingerprint density at radius 1 is 1.47 bits per heavy atom. The third-order valence-electron chi connectivity index (χ3n) is 3.76. The van der Waals surface area contributed by atoms with Gasteiger partial charge in [0.1, 0.15) is 11.9 Å². The molecule has 0 aromatic heterocycles. The smallest absolute Gasteiger partial charge is 0.252 e. The summed E-state index contributed by atoms with van der Waals surface area (Å²) in [5.41, 5.74) is 0.471. The Morgan fingerprint density at radius 3 is 2.89 bits per heavy atom. The Morgan fingerprint density at radius 2 is 2.32 bits per heavy atom. The Balaban J connectivity index is 1.82. The molecule has 1 aliphatic carbocycles. The van der Waals surface area contributed by atoms with Crippen LogP contribution in [0.3, 0.4) is 0 Å². The van der Waals surface area contributed by atoms with Gasteiger partial charge in [-0.25, -0.2) is 0 Å². The first-order valence-corrected chi connectivity index (χ1v) is 7.94. The maximum absolute atomic E-state index is 11.2. The van der Waals surface area contributed by atoms with Crippen LogP contribution < -0.4 is 4.74 Å². The van der Waals surface area contributed by atoms with Crippen molar-refractivity contribution >= 4 is 28.6 Å². The van der Waals surface area contributed by atoms with Gasteiger partial charge in [0.25, 0.3) is 5.24 Å². The maximum atomic E-state index is 11.2. The van der Waals surface area contributed by atoms with Crippen molar-refractivity contribution < 1.29 is 14.3 Å². The fourth-order valence-electron chi connectivity index (χ4n) is 2.81. The molecule has 1 heterocycles. The molecule has 2 aliphatic rings. The molecule has 1 saturated carbocycles. The second kappa shape index (κ2) is 5.35. The fourth-order valence-corrected chi connectivity index (χ4v) is 3.44. The topological polar surface area (TPSA) is 35.5 Å². The second-order valence-corrected chi connectivity index (χ2v) is 6.20. The Labute approximate surface area is 121 Å². The molecule has 0 radical (unpaired) electrons. The summed E-state index contributed by atoms with van der Waals surface area (Å²) in [5, 5.41) is -0.457. The number of hydrogen-bond donors (Lipinski definition) is 0. The van der Waals surface area contributed by atoms with E-state index in [-0.39, 0.29) is 12.2 Å². The van der Waals surface area contributed by atoms with Crippen LogP contribution in [0.5, 0.6) is 5.75 Å². The third kappa shape index (κ3) is 2.62. The minimum Gasteiger partial charge on any atom is -0.487 e. The summed E-state index contributed by atoms with van der Waals surface area (Å²) in [6.07, 6.45) is 4.42. The zero-order chi connectivity index (χ0) is 13.4. The SMILES string of the molecule is CSc1ccc(C(=O)Cl)cc1OC1CC2COC1C2. The minimum absolute atomic E-state index is 0.102. The molecule has 3 unspecified atom stereocenters. The van der Waals surface area contributed by atoms with Gasteiger partial charge in [0.2, 0.25) is 0 Å². The van der Waals surface area contributed by atoms with E-state index in [1.165, 1.54) is 0 Å². The van der Waals surface area contributed by atoms with Crippen LogP contribution in [0.25, 0.3) is 0 Å². The van der Waals surface area contributed by atoms with Gasteiger partial charge < -0.3 is 9.47 Å². The van der Waals surface area contributed by atoms with E-state index in [1.807, 2.05) is 12.3 Å². The number of carbonyl (C=O) groups is 1. The van der Waals surface area contributed by atoms with Crippen LogP contribution in [0.4, 0.5) is 0 Å². The van der Waals surface area contributed by atoms with E-state index in [2.05, 4.69) is 0 Å². The van der Waals surface area contributed by atoms with Crippen LogP contribution >= 0.6 is 23.4 Å². The summed E-state index contributed by atoms with van der Waals surface area (Å²) in [5.74, 6) is 1.37. The average Bonchev–Trinajstić information content (AvgIpc) is 3.01. The molecule has 3 nitrogen and oxygen atoms in total. The van der Waals surface area contributed by atoms with E-state index < -0.39 is 5.24 Å². The van der Waals surface area contributed by atoms with E-state index in [1.54, 1.807) is 23.9 Å². The standard InChI is InChI=1S/C14H15ClO3S/c1-19-13-3-2-9(14(15)16)6-12(13)18-11-5-8-4-10(11)17-7-8/h2-3,6,8,10-11H,4-5,7H2,1H3. The number of carbonyl (C=O) groups excluding carboxylic acids is 1. The summed E-state index contributed by atoms with van der Waals surface area (Å²) < 4.78 is 11.7. The number of benzene rings is 1. The molecule has 2 fully saturated rings.